The van der Waals surface area contributed by atoms with E-state index in [1.165, 1.54) is 11.1 Å². The van der Waals surface area contributed by atoms with E-state index in [0.717, 1.165) is 33.9 Å². The molecule has 2 heterocycles. The van der Waals surface area contributed by atoms with Crippen molar-refractivity contribution in [3.8, 4) is 17.1 Å². The predicted molar refractivity (Wildman–Crippen MR) is 94.1 cm³/mol. The molecule has 0 saturated carbocycles. The minimum Gasteiger partial charge on any atom is -0.349 e. The number of hydrogen-bond acceptors (Lipinski definition) is 3. The molecule has 0 aliphatic rings. The van der Waals surface area contributed by atoms with Gasteiger partial charge in [0, 0.05) is 38.4 Å². The molecule has 0 bridgehead atoms. The number of imidazole rings is 1. The van der Waals surface area contributed by atoms with Crippen molar-refractivity contribution in [3.63, 3.8) is 0 Å². The summed E-state index contributed by atoms with van der Waals surface area (Å²) in [4.78, 5) is 4.53. The zero-order valence-corrected chi connectivity index (χ0v) is 16.9. The number of para-hydroxylation sites is 1. The number of hydrogen-bond donors (Lipinski definition) is 0. The molecule has 0 spiro atoms. The minimum absolute atomic E-state index is 0. The van der Waals surface area contributed by atoms with Gasteiger partial charge in [-0.25, -0.2) is 0 Å². The molecule has 4 aromatic rings. The second kappa shape index (κ2) is 6.54. The molecule has 5 nitrogen and oxygen atoms in total. The first kappa shape index (κ1) is 17.5. The predicted octanol–water partition coefficient (Wildman–Crippen LogP) is 3.54. The van der Waals surface area contributed by atoms with Crippen molar-refractivity contribution < 1.29 is 20.1 Å². The van der Waals surface area contributed by atoms with Crippen LogP contribution in [-0.4, -0.2) is 24.3 Å². The van der Waals surface area contributed by atoms with Gasteiger partial charge >= 0.3 is 0 Å². The van der Waals surface area contributed by atoms with Gasteiger partial charge < -0.3 is 9.13 Å². The van der Waals surface area contributed by atoms with Gasteiger partial charge in [0.25, 0.3) is 0 Å². The van der Waals surface area contributed by atoms with E-state index in [2.05, 4.69) is 63.9 Å². The van der Waals surface area contributed by atoms with Gasteiger partial charge in [0.05, 0.1) is 11.6 Å². The van der Waals surface area contributed by atoms with E-state index in [-0.39, 0.29) is 20.1 Å². The molecule has 0 N–H and O–H groups in total. The molecule has 0 fully saturated rings. The van der Waals surface area contributed by atoms with E-state index < -0.39 is 0 Å². The second-order valence-electron chi connectivity index (χ2n) is 6.10. The Morgan fingerprint density at radius 3 is 2.52 bits per heavy atom. The molecular weight excluding hydrogens is 490 g/mol. The van der Waals surface area contributed by atoms with Gasteiger partial charge in [-0.05, 0) is 37.4 Å². The van der Waals surface area contributed by atoms with Crippen LogP contribution < -0.4 is 0 Å². The zero-order chi connectivity index (χ0) is 16.8. The van der Waals surface area contributed by atoms with Crippen LogP contribution in [0.4, 0.5) is 0 Å². The van der Waals surface area contributed by atoms with Crippen molar-refractivity contribution in [2.45, 2.75) is 20.8 Å². The monoisotopic (exact) mass is 509 g/mol. The molecule has 129 valence electrons. The number of fused-ring (bicyclic) bond motifs is 1. The van der Waals surface area contributed by atoms with E-state index in [0.29, 0.717) is 0 Å². The van der Waals surface area contributed by atoms with Crippen LogP contribution in [0.5, 0.6) is 0 Å². The van der Waals surface area contributed by atoms with Crippen LogP contribution in [0.1, 0.15) is 17.0 Å². The molecule has 0 saturated heterocycles. The van der Waals surface area contributed by atoms with Gasteiger partial charge in [0.1, 0.15) is 6.33 Å². The van der Waals surface area contributed by atoms with Crippen LogP contribution in [-0.2, 0) is 27.2 Å². The van der Waals surface area contributed by atoms with Gasteiger partial charge in [-0.3, -0.25) is 4.98 Å². The molecule has 6 heteroatoms. The normalized spacial score (nSPS) is 10.9. The zero-order valence-electron chi connectivity index (χ0n) is 14.5. The third-order valence-corrected chi connectivity index (χ3v) is 4.51. The van der Waals surface area contributed by atoms with E-state index in [4.69, 9.17) is 0 Å². The van der Waals surface area contributed by atoms with Crippen molar-refractivity contribution in [3.05, 3.63) is 59.7 Å². The molecule has 0 amide bonds. The van der Waals surface area contributed by atoms with Crippen LogP contribution in [0.3, 0.4) is 0 Å². The fourth-order valence-electron chi connectivity index (χ4n) is 3.15. The number of nitrogens with zero attached hydrogens (tertiary/aromatic N) is 5. The van der Waals surface area contributed by atoms with Crippen molar-refractivity contribution >= 4 is 11.0 Å². The van der Waals surface area contributed by atoms with Gasteiger partial charge in [-0.2, -0.15) is 5.10 Å². The number of benzene rings is 2. The molecule has 0 aliphatic carbocycles. The smallest absolute Gasteiger partial charge is 0.114 e. The maximum Gasteiger partial charge on any atom is 0.114 e. The first-order valence-corrected chi connectivity index (χ1v) is 7.88. The Hall–Kier alpha value is -2.30. The SMILES string of the molecule is Cc1cccc(C)c1-n1cnnc1-c1[c-]cc2nc(C)n(C)c2c1.[Ir]. The number of rotatable bonds is 2. The third-order valence-electron chi connectivity index (χ3n) is 4.51. The van der Waals surface area contributed by atoms with Crippen LogP contribution in [0.15, 0.2) is 36.7 Å². The van der Waals surface area contributed by atoms with Gasteiger partial charge in [-0.15, -0.1) is 28.9 Å². The summed E-state index contributed by atoms with van der Waals surface area (Å²) < 4.78 is 4.11. The average Bonchev–Trinajstić information content (AvgIpc) is 3.13. The van der Waals surface area contributed by atoms with E-state index in [1.54, 1.807) is 6.33 Å². The molecule has 1 radical (unpaired) electrons. The summed E-state index contributed by atoms with van der Waals surface area (Å²) in [6, 6.07) is 13.6. The average molecular weight is 509 g/mol. The van der Waals surface area contributed by atoms with Crippen molar-refractivity contribution in [2.75, 3.05) is 0 Å². The van der Waals surface area contributed by atoms with E-state index >= 15 is 0 Å². The minimum atomic E-state index is 0. The standard InChI is InChI=1S/C19H18N5.Ir/c1-12-6-5-7-13(2)18(12)24-11-20-22-19(24)15-8-9-16-17(10-15)23(4)14(3)21-16;/h5-7,9-11H,1-4H3;/q-1;. The van der Waals surface area contributed by atoms with Crippen molar-refractivity contribution in [1.29, 1.82) is 0 Å². The largest absolute Gasteiger partial charge is 0.349 e. The molecule has 4 rings (SSSR count). The quantitative estimate of drug-likeness (QED) is 0.389. The van der Waals surface area contributed by atoms with Crippen LogP contribution in [0, 0.1) is 26.8 Å². The first-order chi connectivity index (χ1) is 11.6. The Morgan fingerprint density at radius 1 is 1.08 bits per heavy atom. The maximum atomic E-state index is 4.53. The molecule has 0 atom stereocenters. The number of aromatic nitrogens is 5. The summed E-state index contributed by atoms with van der Waals surface area (Å²) >= 11 is 0. The Kier molecular flexibility index (Phi) is 4.58. The second-order valence-corrected chi connectivity index (χ2v) is 6.10. The Labute approximate surface area is 160 Å². The Balaban J connectivity index is 0.00000182. The summed E-state index contributed by atoms with van der Waals surface area (Å²) in [5, 5.41) is 8.48. The topological polar surface area (TPSA) is 48.5 Å². The summed E-state index contributed by atoms with van der Waals surface area (Å²) in [6.07, 6.45) is 1.76. The Bertz CT molecular complexity index is 1040. The fraction of sp³-hybridized carbons (Fsp3) is 0.211. The van der Waals surface area contributed by atoms with Crippen molar-refractivity contribution in [2.24, 2.45) is 7.05 Å². The van der Waals surface area contributed by atoms with Gasteiger partial charge in [0.2, 0.25) is 0 Å². The molecule has 2 aromatic carbocycles. The van der Waals surface area contributed by atoms with E-state index in [1.807, 2.05) is 24.6 Å². The molecule has 2 aromatic heterocycles. The van der Waals surface area contributed by atoms with Crippen LogP contribution in [0.2, 0.25) is 0 Å². The molecule has 0 unspecified atom stereocenters. The summed E-state index contributed by atoms with van der Waals surface area (Å²) in [6.45, 7) is 6.20. The van der Waals surface area contributed by atoms with Crippen LogP contribution >= 0.6 is 0 Å². The van der Waals surface area contributed by atoms with Gasteiger partial charge in [-0.1, -0.05) is 18.2 Å². The summed E-state index contributed by atoms with van der Waals surface area (Å²) in [5.41, 5.74) is 6.41. The first-order valence-electron chi connectivity index (χ1n) is 7.88. The maximum absolute atomic E-state index is 4.53. The van der Waals surface area contributed by atoms with Crippen molar-refractivity contribution in [1.82, 2.24) is 24.3 Å². The number of aryl methyl sites for hydroxylation is 4. The Morgan fingerprint density at radius 2 is 1.80 bits per heavy atom. The molecular formula is C19H18IrN5-. The third kappa shape index (κ3) is 2.81. The van der Waals surface area contributed by atoms with Crippen LogP contribution in [0.25, 0.3) is 28.1 Å². The summed E-state index contributed by atoms with van der Waals surface area (Å²) in [5.74, 6) is 1.76. The molecule has 0 aliphatic heterocycles. The van der Waals surface area contributed by atoms with Gasteiger partial charge in [0.15, 0.2) is 0 Å². The molecule has 25 heavy (non-hydrogen) atoms. The summed E-state index contributed by atoms with van der Waals surface area (Å²) in [7, 11) is 2.02. The van der Waals surface area contributed by atoms with E-state index in [9.17, 15) is 0 Å². The fourth-order valence-corrected chi connectivity index (χ4v) is 3.15.